The lowest BCUT2D eigenvalue weighted by Crippen LogP contribution is -2.49. The van der Waals surface area contributed by atoms with Gasteiger partial charge in [0.25, 0.3) is 10.0 Å². The molecule has 0 spiro atoms. The van der Waals surface area contributed by atoms with Crippen LogP contribution in [-0.2, 0) is 21.2 Å². The van der Waals surface area contributed by atoms with Crippen LogP contribution in [-0.4, -0.2) is 38.0 Å². The minimum atomic E-state index is -3.43. The van der Waals surface area contributed by atoms with Gasteiger partial charge in [0.1, 0.15) is 4.21 Å². The highest BCUT2D eigenvalue weighted by Gasteiger charge is 2.34. The van der Waals surface area contributed by atoms with Gasteiger partial charge < -0.3 is 4.74 Å². The summed E-state index contributed by atoms with van der Waals surface area (Å²) in [6.45, 7) is 4.66. The molecule has 1 aromatic heterocycles. The SMILES string of the molecule is Cc1ccc(S(=O)(=O)N2CC(C)OC(Cc3ccccc3)C2)s1. The Kier molecular flexibility index (Phi) is 4.87. The number of benzene rings is 1. The first-order chi connectivity index (χ1) is 10.9. The summed E-state index contributed by atoms with van der Waals surface area (Å²) in [5.74, 6) is 0. The van der Waals surface area contributed by atoms with Crippen molar-refractivity contribution in [2.24, 2.45) is 0 Å². The smallest absolute Gasteiger partial charge is 0.252 e. The molecule has 4 nitrogen and oxygen atoms in total. The van der Waals surface area contributed by atoms with Crippen molar-refractivity contribution < 1.29 is 13.2 Å². The molecule has 1 saturated heterocycles. The van der Waals surface area contributed by atoms with E-state index in [4.69, 9.17) is 4.74 Å². The third kappa shape index (κ3) is 3.83. The van der Waals surface area contributed by atoms with E-state index in [-0.39, 0.29) is 12.2 Å². The molecular formula is C17H21NO3S2. The van der Waals surface area contributed by atoms with Gasteiger partial charge in [0.2, 0.25) is 0 Å². The molecule has 0 radical (unpaired) electrons. The molecular weight excluding hydrogens is 330 g/mol. The highest BCUT2D eigenvalue weighted by atomic mass is 32.2. The van der Waals surface area contributed by atoms with Crippen molar-refractivity contribution in [2.75, 3.05) is 13.1 Å². The Labute approximate surface area is 141 Å². The van der Waals surface area contributed by atoms with Gasteiger partial charge in [-0.3, -0.25) is 0 Å². The summed E-state index contributed by atoms with van der Waals surface area (Å²) >= 11 is 1.32. The van der Waals surface area contributed by atoms with Crippen molar-refractivity contribution in [1.29, 1.82) is 0 Å². The standard InChI is InChI=1S/C17H21NO3S2/c1-13-11-18(23(19,20)17-9-8-14(2)22-17)12-16(21-13)10-15-6-4-3-5-7-15/h3-9,13,16H,10-12H2,1-2H3. The maximum Gasteiger partial charge on any atom is 0.252 e. The molecule has 3 rings (SSSR count). The van der Waals surface area contributed by atoms with E-state index >= 15 is 0 Å². The van der Waals surface area contributed by atoms with Crippen LogP contribution in [0.1, 0.15) is 17.4 Å². The van der Waals surface area contributed by atoms with Crippen LogP contribution in [0.15, 0.2) is 46.7 Å². The third-order valence-corrected chi connectivity index (χ3v) is 7.21. The number of hydrogen-bond donors (Lipinski definition) is 0. The molecule has 23 heavy (non-hydrogen) atoms. The fraction of sp³-hybridized carbons (Fsp3) is 0.412. The maximum atomic E-state index is 12.8. The Bertz CT molecular complexity index is 755. The van der Waals surface area contributed by atoms with Crippen molar-refractivity contribution in [3.8, 4) is 0 Å². The van der Waals surface area contributed by atoms with Crippen LogP contribution in [0.3, 0.4) is 0 Å². The van der Waals surface area contributed by atoms with Gasteiger partial charge in [-0.05, 0) is 38.0 Å². The third-order valence-electron chi connectivity index (χ3n) is 3.91. The Balaban J connectivity index is 1.78. The van der Waals surface area contributed by atoms with Crippen molar-refractivity contribution in [2.45, 2.75) is 36.7 Å². The lowest BCUT2D eigenvalue weighted by molar-refractivity contribution is -0.0528. The molecule has 124 valence electrons. The van der Waals surface area contributed by atoms with Crippen molar-refractivity contribution >= 4 is 21.4 Å². The predicted octanol–water partition coefficient (Wildman–Crippen LogP) is 3.08. The number of thiophene rings is 1. The van der Waals surface area contributed by atoms with E-state index < -0.39 is 10.0 Å². The van der Waals surface area contributed by atoms with Gasteiger partial charge in [-0.1, -0.05) is 30.3 Å². The largest absolute Gasteiger partial charge is 0.372 e. The van der Waals surface area contributed by atoms with Crippen LogP contribution in [0.4, 0.5) is 0 Å². The monoisotopic (exact) mass is 351 g/mol. The van der Waals surface area contributed by atoms with E-state index in [2.05, 4.69) is 0 Å². The molecule has 1 aliphatic heterocycles. The number of aryl methyl sites for hydroxylation is 1. The molecule has 2 heterocycles. The molecule has 6 heteroatoms. The van der Waals surface area contributed by atoms with Crippen LogP contribution in [0.2, 0.25) is 0 Å². The summed E-state index contributed by atoms with van der Waals surface area (Å²) in [6, 6.07) is 13.6. The minimum absolute atomic E-state index is 0.103. The van der Waals surface area contributed by atoms with Gasteiger partial charge in [-0.25, -0.2) is 8.42 Å². The Morgan fingerprint density at radius 2 is 1.91 bits per heavy atom. The van der Waals surface area contributed by atoms with E-state index in [9.17, 15) is 8.42 Å². The van der Waals surface area contributed by atoms with Gasteiger partial charge >= 0.3 is 0 Å². The van der Waals surface area contributed by atoms with Crippen molar-refractivity contribution in [3.05, 3.63) is 52.9 Å². The first-order valence-electron chi connectivity index (χ1n) is 7.71. The molecule has 1 aromatic carbocycles. The Morgan fingerprint density at radius 3 is 2.57 bits per heavy atom. The molecule has 1 fully saturated rings. The maximum absolute atomic E-state index is 12.8. The Morgan fingerprint density at radius 1 is 1.17 bits per heavy atom. The number of rotatable bonds is 4. The second-order valence-electron chi connectivity index (χ2n) is 5.95. The van der Waals surface area contributed by atoms with Crippen LogP contribution >= 0.6 is 11.3 Å². The fourth-order valence-corrected chi connectivity index (χ4v) is 5.85. The number of nitrogens with zero attached hydrogens (tertiary/aromatic N) is 1. The quantitative estimate of drug-likeness (QED) is 0.850. The van der Waals surface area contributed by atoms with E-state index in [0.29, 0.717) is 17.3 Å². The summed E-state index contributed by atoms with van der Waals surface area (Å²) in [5.41, 5.74) is 1.16. The number of morpholine rings is 1. The zero-order valence-electron chi connectivity index (χ0n) is 13.3. The highest BCUT2D eigenvalue weighted by Crippen LogP contribution is 2.27. The van der Waals surface area contributed by atoms with Crippen LogP contribution in [0.25, 0.3) is 0 Å². The average Bonchev–Trinajstić information content (AvgIpc) is 2.95. The van der Waals surface area contributed by atoms with E-state index in [1.165, 1.54) is 11.3 Å². The van der Waals surface area contributed by atoms with Crippen molar-refractivity contribution in [1.82, 2.24) is 4.31 Å². The molecule has 0 aliphatic carbocycles. The molecule has 2 aromatic rings. The van der Waals surface area contributed by atoms with Gasteiger partial charge in [0, 0.05) is 18.0 Å². The Hall–Kier alpha value is -1.21. The second kappa shape index (κ2) is 6.73. The summed E-state index contributed by atoms with van der Waals surface area (Å²) in [5, 5.41) is 0. The van der Waals surface area contributed by atoms with E-state index in [1.807, 2.05) is 50.2 Å². The van der Waals surface area contributed by atoms with Crippen LogP contribution < -0.4 is 0 Å². The fourth-order valence-electron chi connectivity index (χ4n) is 2.87. The van der Waals surface area contributed by atoms with Gasteiger partial charge in [0.05, 0.1) is 12.2 Å². The lowest BCUT2D eigenvalue weighted by atomic mass is 10.1. The normalized spacial score (nSPS) is 23.0. The number of sulfonamides is 1. The summed E-state index contributed by atoms with van der Waals surface area (Å²) < 4.78 is 33.6. The van der Waals surface area contributed by atoms with Gasteiger partial charge in [0.15, 0.2) is 0 Å². The number of hydrogen-bond acceptors (Lipinski definition) is 4. The lowest BCUT2D eigenvalue weighted by Gasteiger charge is -2.35. The molecule has 0 amide bonds. The van der Waals surface area contributed by atoms with E-state index in [1.54, 1.807) is 10.4 Å². The molecule has 1 aliphatic rings. The molecule has 0 saturated carbocycles. The van der Waals surface area contributed by atoms with Crippen LogP contribution in [0, 0.1) is 6.92 Å². The summed E-state index contributed by atoms with van der Waals surface area (Å²) in [7, 11) is -3.43. The number of ether oxygens (including phenoxy) is 1. The zero-order chi connectivity index (χ0) is 16.4. The minimum Gasteiger partial charge on any atom is -0.372 e. The van der Waals surface area contributed by atoms with Gasteiger partial charge in [-0.15, -0.1) is 11.3 Å². The highest BCUT2D eigenvalue weighted by molar-refractivity contribution is 7.91. The first-order valence-corrected chi connectivity index (χ1v) is 9.97. The predicted molar refractivity (Wildman–Crippen MR) is 92.3 cm³/mol. The van der Waals surface area contributed by atoms with Crippen molar-refractivity contribution in [3.63, 3.8) is 0 Å². The van der Waals surface area contributed by atoms with Crippen LogP contribution in [0.5, 0.6) is 0 Å². The molecule has 0 N–H and O–H groups in total. The topological polar surface area (TPSA) is 46.6 Å². The summed E-state index contributed by atoms with van der Waals surface area (Å²) in [6.07, 6.45) is 0.506. The first kappa shape index (κ1) is 16.6. The summed E-state index contributed by atoms with van der Waals surface area (Å²) in [4.78, 5) is 1.01. The molecule has 2 atom stereocenters. The average molecular weight is 351 g/mol. The second-order valence-corrected chi connectivity index (χ2v) is 9.40. The molecule has 0 bridgehead atoms. The molecule has 2 unspecified atom stereocenters. The van der Waals surface area contributed by atoms with E-state index in [0.717, 1.165) is 16.9 Å². The zero-order valence-corrected chi connectivity index (χ0v) is 14.9. The van der Waals surface area contributed by atoms with Gasteiger partial charge in [-0.2, -0.15) is 4.31 Å².